The molecule has 2 aromatic rings. The Balaban J connectivity index is 0.00000228. The molecule has 1 N–H and O–H groups in total. The van der Waals surface area contributed by atoms with Crippen molar-refractivity contribution >= 4 is 17.2 Å². The van der Waals surface area contributed by atoms with Gasteiger partial charge in [0.1, 0.15) is 11.4 Å². The number of hydrogen-bond acceptors (Lipinski definition) is 5. The van der Waals surface area contributed by atoms with Crippen LogP contribution >= 0.6 is 0 Å². The van der Waals surface area contributed by atoms with Gasteiger partial charge in [-0.05, 0) is 88.3 Å². The quantitative estimate of drug-likeness (QED) is 0.345. The Kier molecular flexibility index (Phi) is 8.56. The van der Waals surface area contributed by atoms with Gasteiger partial charge in [-0.3, -0.25) is 0 Å². The maximum Gasteiger partial charge on any atom is 0.236 e. The number of aryl methyl sites for hydroxylation is 1. The van der Waals surface area contributed by atoms with Crippen LogP contribution in [0.2, 0.25) is 0 Å². The molecule has 1 aromatic heterocycles. The third kappa shape index (κ3) is 6.61. The van der Waals surface area contributed by atoms with E-state index in [1.807, 2.05) is 20.8 Å². The second kappa shape index (κ2) is 11.2. The van der Waals surface area contributed by atoms with Crippen LogP contribution in [0.3, 0.4) is 0 Å². The van der Waals surface area contributed by atoms with Crippen LogP contribution in [0.5, 0.6) is 0 Å². The van der Waals surface area contributed by atoms with E-state index in [4.69, 9.17) is 9.72 Å². The van der Waals surface area contributed by atoms with Crippen LogP contribution in [-0.4, -0.2) is 35.1 Å². The van der Waals surface area contributed by atoms with Gasteiger partial charge < -0.3 is 19.9 Å². The normalized spacial score (nSPS) is 16.1. The first kappa shape index (κ1) is 26.7. The van der Waals surface area contributed by atoms with Crippen molar-refractivity contribution in [3.8, 4) is 0 Å². The number of hydrogen-bond donors (Lipinski definition) is 1. The molecule has 5 heteroatoms. The van der Waals surface area contributed by atoms with Gasteiger partial charge in [0.2, 0.25) is 5.88 Å². The molecule has 0 atom stereocenters. The van der Waals surface area contributed by atoms with Gasteiger partial charge in [-0.1, -0.05) is 39.1 Å². The van der Waals surface area contributed by atoms with E-state index in [-0.39, 0.29) is 14.5 Å². The molecule has 0 bridgehead atoms. The average molecular weight is 479 g/mol. The van der Waals surface area contributed by atoms with E-state index >= 15 is 0 Å². The van der Waals surface area contributed by atoms with Gasteiger partial charge in [0, 0.05) is 32.4 Å². The molecule has 1 fully saturated rings. The van der Waals surface area contributed by atoms with Crippen LogP contribution in [0, 0.1) is 12.8 Å². The Hall–Kier alpha value is -2.91. The summed E-state index contributed by atoms with van der Waals surface area (Å²) in [5.74, 6) is 2.46. The minimum absolute atomic E-state index is 0. The van der Waals surface area contributed by atoms with Crippen LogP contribution in [0.4, 0.5) is 17.2 Å². The highest BCUT2D eigenvalue weighted by atomic mass is 16.5. The number of benzene rings is 1. The van der Waals surface area contributed by atoms with Gasteiger partial charge >= 0.3 is 0 Å². The summed E-state index contributed by atoms with van der Waals surface area (Å²) in [4.78, 5) is 9.67. The SMILES string of the molecule is C.C=C=C(OC(C)(C)C)N1CCc2ccc(Nc3ccc(N4CCC(CC)CC4)c(C)c3)nc2C1.[HH]. The first-order chi connectivity index (χ1) is 16.3. The highest BCUT2D eigenvalue weighted by Crippen LogP contribution is 2.30. The molecule has 0 saturated carbocycles. The van der Waals surface area contributed by atoms with Crippen LogP contribution < -0.4 is 10.2 Å². The average Bonchev–Trinajstić information content (AvgIpc) is 2.82. The van der Waals surface area contributed by atoms with Crippen molar-refractivity contribution in [3.63, 3.8) is 0 Å². The molecule has 0 unspecified atom stereocenters. The summed E-state index contributed by atoms with van der Waals surface area (Å²) in [5.41, 5.74) is 8.81. The molecule has 0 radical (unpaired) electrons. The lowest BCUT2D eigenvalue weighted by molar-refractivity contribution is -0.00160. The molecule has 0 aliphatic carbocycles. The number of piperidine rings is 1. The van der Waals surface area contributed by atoms with E-state index in [0.29, 0.717) is 12.4 Å². The predicted octanol–water partition coefficient (Wildman–Crippen LogP) is 7.44. The maximum atomic E-state index is 6.08. The summed E-state index contributed by atoms with van der Waals surface area (Å²) >= 11 is 0. The minimum atomic E-state index is -0.285. The first-order valence-electron chi connectivity index (χ1n) is 12.7. The molecule has 0 spiro atoms. The van der Waals surface area contributed by atoms with E-state index in [9.17, 15) is 0 Å². The monoisotopic (exact) mass is 478 g/mol. The number of ether oxygens (including phenoxy) is 1. The van der Waals surface area contributed by atoms with Crippen molar-refractivity contribution in [2.45, 2.75) is 79.9 Å². The predicted molar refractivity (Wildman–Crippen MR) is 150 cm³/mol. The van der Waals surface area contributed by atoms with Crippen molar-refractivity contribution in [3.05, 3.63) is 65.3 Å². The molecule has 0 amide bonds. The number of aromatic nitrogens is 1. The van der Waals surface area contributed by atoms with Crippen molar-refractivity contribution < 1.29 is 6.16 Å². The molecule has 1 saturated heterocycles. The third-order valence-electron chi connectivity index (χ3n) is 6.90. The van der Waals surface area contributed by atoms with Crippen LogP contribution in [-0.2, 0) is 17.7 Å². The third-order valence-corrected chi connectivity index (χ3v) is 6.90. The fourth-order valence-electron chi connectivity index (χ4n) is 4.97. The van der Waals surface area contributed by atoms with E-state index in [0.717, 1.165) is 49.2 Å². The summed E-state index contributed by atoms with van der Waals surface area (Å²) in [6, 6.07) is 11.0. The summed E-state index contributed by atoms with van der Waals surface area (Å²) in [6.45, 7) is 18.4. The number of nitrogens with one attached hydrogen (secondary N) is 1. The zero-order chi connectivity index (χ0) is 24.3. The number of fused-ring (bicyclic) bond motifs is 1. The van der Waals surface area contributed by atoms with Gasteiger partial charge in [0.25, 0.3) is 0 Å². The Morgan fingerprint density at radius 2 is 1.94 bits per heavy atom. The number of anilines is 3. The smallest absolute Gasteiger partial charge is 0.236 e. The van der Waals surface area contributed by atoms with E-state index in [1.165, 1.54) is 36.1 Å². The second-order valence-corrected chi connectivity index (χ2v) is 10.6. The second-order valence-electron chi connectivity index (χ2n) is 10.6. The highest BCUT2D eigenvalue weighted by Gasteiger charge is 2.24. The summed E-state index contributed by atoms with van der Waals surface area (Å²) in [6.07, 6.45) is 4.84. The van der Waals surface area contributed by atoms with Gasteiger partial charge in [-0.25, -0.2) is 4.98 Å². The largest absolute Gasteiger partial charge is 0.467 e. The minimum Gasteiger partial charge on any atom is -0.467 e. The lowest BCUT2D eigenvalue weighted by Gasteiger charge is -2.34. The molecule has 3 heterocycles. The van der Waals surface area contributed by atoms with Crippen molar-refractivity contribution in [2.75, 3.05) is 29.9 Å². The van der Waals surface area contributed by atoms with Gasteiger partial charge in [-0.2, -0.15) is 0 Å². The van der Waals surface area contributed by atoms with E-state index < -0.39 is 0 Å². The molecule has 192 valence electrons. The summed E-state index contributed by atoms with van der Waals surface area (Å²) < 4.78 is 6.08. The zero-order valence-corrected chi connectivity index (χ0v) is 21.6. The zero-order valence-electron chi connectivity index (χ0n) is 21.6. The number of nitrogens with zero attached hydrogens (tertiary/aromatic N) is 3. The Labute approximate surface area is 214 Å². The topological polar surface area (TPSA) is 40.6 Å². The molecule has 35 heavy (non-hydrogen) atoms. The van der Waals surface area contributed by atoms with Gasteiger partial charge in [0.05, 0.1) is 12.2 Å². The number of rotatable bonds is 6. The van der Waals surface area contributed by atoms with Crippen molar-refractivity contribution in [1.82, 2.24) is 9.88 Å². The van der Waals surface area contributed by atoms with Crippen molar-refractivity contribution in [1.29, 1.82) is 0 Å². The first-order valence-corrected chi connectivity index (χ1v) is 12.7. The van der Waals surface area contributed by atoms with Crippen molar-refractivity contribution in [2.24, 2.45) is 5.92 Å². The van der Waals surface area contributed by atoms with Crippen LogP contribution in [0.1, 0.15) is 72.6 Å². The molecular weight excluding hydrogens is 432 g/mol. The Morgan fingerprint density at radius 3 is 2.57 bits per heavy atom. The summed E-state index contributed by atoms with van der Waals surface area (Å²) in [5, 5.41) is 3.52. The Morgan fingerprint density at radius 1 is 1.20 bits per heavy atom. The van der Waals surface area contributed by atoms with E-state index in [2.05, 4.69) is 71.6 Å². The lowest BCUT2D eigenvalue weighted by atomic mass is 9.94. The van der Waals surface area contributed by atoms with Crippen LogP contribution in [0.25, 0.3) is 0 Å². The maximum absolute atomic E-state index is 6.08. The lowest BCUT2D eigenvalue weighted by Crippen LogP contribution is -2.34. The molecule has 2 aliphatic rings. The molecule has 2 aliphatic heterocycles. The fourth-order valence-corrected chi connectivity index (χ4v) is 4.97. The molecule has 4 rings (SSSR count). The standard InChI is InChI=1S/C29H40N4O.CH4.H2/c1-7-22-13-16-32(17-14-22)26-11-10-24(19-21(26)3)30-27-12-9-23-15-18-33(20-25(23)31-27)28(8-2)34-29(4,5)6;;/h9-12,19,22H,2,7,13-18,20H2,1,3-6H3,(H,30,31);1H4;1H. The van der Waals surface area contributed by atoms with Gasteiger partial charge in [-0.15, -0.1) is 0 Å². The Bertz CT molecular complexity index is 1060. The molecule has 1 aromatic carbocycles. The highest BCUT2D eigenvalue weighted by molar-refractivity contribution is 5.65. The summed E-state index contributed by atoms with van der Waals surface area (Å²) in [7, 11) is 0. The molecular formula is C30H46N4O. The van der Waals surface area contributed by atoms with Gasteiger partial charge in [0.15, 0.2) is 0 Å². The molecule has 5 nitrogen and oxygen atoms in total. The van der Waals surface area contributed by atoms with Crippen LogP contribution in [0.15, 0.2) is 48.5 Å². The van der Waals surface area contributed by atoms with E-state index in [1.54, 1.807) is 0 Å². The fraction of sp³-hybridized carbons (Fsp3) is 0.533. The number of pyridine rings is 1.